The van der Waals surface area contributed by atoms with Crippen LogP contribution in [0.25, 0.3) is 0 Å². The van der Waals surface area contributed by atoms with Crippen molar-refractivity contribution in [2.75, 3.05) is 34.2 Å². The molecule has 3 atom stereocenters. The standard InChI is InChI=1S/C30H40N6O3.C4H10.C3H7N.C3H6/c1-6-21-10-11-22-15-23(28(38)35(4)5)12-13-26(22)30(20(21)3,29(33)39-19-32)16-24(7-2)34-18-27(37)36-14-8-9-25(36)17-31;2*1-3-4-2;1-3-2/h6,12-13,15,19,24-25,32-34H,1,7-11,14,16,18H2,2-5H3;3-4H2,1-2H3;3-4H,1H2,2H3;3H,1H2,2H3. The van der Waals surface area contributed by atoms with E-state index >= 15 is 0 Å². The van der Waals surface area contributed by atoms with Gasteiger partial charge in [0.2, 0.25) is 11.8 Å². The zero-order valence-corrected chi connectivity index (χ0v) is 32.0. The number of allylic oxidation sites excluding steroid dienone is 3. The second-order valence-electron chi connectivity index (χ2n) is 12.4. The van der Waals surface area contributed by atoms with Crippen molar-refractivity contribution in [3.8, 4) is 6.07 Å². The van der Waals surface area contributed by atoms with E-state index in [1.165, 1.54) is 17.7 Å². The van der Waals surface area contributed by atoms with Crippen molar-refractivity contribution in [2.45, 2.75) is 103 Å². The number of hydrogen-bond donors (Lipinski definition) is 4. The van der Waals surface area contributed by atoms with Crippen LogP contribution in [0.15, 0.2) is 67.4 Å². The summed E-state index contributed by atoms with van der Waals surface area (Å²) in [5.41, 5.74) is 3.23. The monoisotopic (exact) mass is 689 g/mol. The Balaban J connectivity index is 0.00000191. The lowest BCUT2D eigenvalue weighted by atomic mass is 9.67. The third-order valence-corrected chi connectivity index (χ3v) is 8.83. The Morgan fingerprint density at radius 3 is 2.30 bits per heavy atom. The second kappa shape index (κ2) is 24.6. The van der Waals surface area contributed by atoms with E-state index in [0.717, 1.165) is 35.1 Å². The number of hydrogen-bond acceptors (Lipinski definition) is 8. The molecule has 2 aliphatic rings. The summed E-state index contributed by atoms with van der Waals surface area (Å²) in [5.74, 6) is -0.291. The zero-order valence-electron chi connectivity index (χ0n) is 32.0. The molecule has 1 saturated heterocycles. The lowest BCUT2D eigenvalue weighted by Gasteiger charge is -2.39. The minimum absolute atomic E-state index is 0.0835. The highest BCUT2D eigenvalue weighted by Gasteiger charge is 2.46. The summed E-state index contributed by atoms with van der Waals surface area (Å²) >= 11 is 0. The Bertz CT molecular complexity index is 1360. The first-order valence-electron chi connectivity index (χ1n) is 17.6. The Hall–Kier alpha value is -4.49. The molecule has 0 saturated carbocycles. The van der Waals surface area contributed by atoms with Crippen molar-refractivity contribution >= 4 is 24.1 Å². The molecular weight excluding hydrogens is 626 g/mol. The van der Waals surface area contributed by atoms with E-state index in [-0.39, 0.29) is 36.3 Å². The van der Waals surface area contributed by atoms with E-state index < -0.39 is 5.41 Å². The molecule has 3 rings (SSSR count). The van der Waals surface area contributed by atoms with E-state index in [2.05, 4.69) is 50.3 Å². The van der Waals surface area contributed by atoms with Gasteiger partial charge in [-0.15, -0.1) is 6.58 Å². The summed E-state index contributed by atoms with van der Waals surface area (Å²) in [5, 5.41) is 32.2. The first-order chi connectivity index (χ1) is 23.9. The SMILES string of the molecule is C=CC.C=CC1=C(C)C(CC(CC)NCC(=O)N2CCCC2C#N)(C(=N)OC=N)c2ccc(C(=O)N(C)C)cc2CC1.C=CNC.CCCC. The minimum atomic E-state index is -1.04. The van der Waals surface area contributed by atoms with Crippen LogP contribution in [0, 0.1) is 22.1 Å². The summed E-state index contributed by atoms with van der Waals surface area (Å²) < 4.78 is 5.50. The molecule has 1 heterocycles. The van der Waals surface area contributed by atoms with Crippen LogP contribution in [0.3, 0.4) is 0 Å². The predicted octanol–water partition coefficient (Wildman–Crippen LogP) is 7.30. The number of ether oxygens (including phenoxy) is 1. The van der Waals surface area contributed by atoms with Crippen LogP contribution >= 0.6 is 0 Å². The van der Waals surface area contributed by atoms with E-state index in [9.17, 15) is 14.9 Å². The van der Waals surface area contributed by atoms with Crippen molar-refractivity contribution in [2.24, 2.45) is 0 Å². The number of nitriles is 1. The van der Waals surface area contributed by atoms with Crippen molar-refractivity contribution in [1.29, 1.82) is 16.1 Å². The summed E-state index contributed by atoms with van der Waals surface area (Å²) in [6.07, 6.45) is 12.6. The molecule has 2 amide bonds. The van der Waals surface area contributed by atoms with Crippen LogP contribution in [-0.4, -0.2) is 80.2 Å². The summed E-state index contributed by atoms with van der Waals surface area (Å²) in [6, 6.07) is 7.25. The average molecular weight is 690 g/mol. The maximum absolute atomic E-state index is 13.0. The van der Waals surface area contributed by atoms with Crippen LogP contribution in [0.2, 0.25) is 0 Å². The van der Waals surface area contributed by atoms with Crippen LogP contribution < -0.4 is 10.6 Å². The summed E-state index contributed by atoms with van der Waals surface area (Å²) in [6.45, 7) is 21.7. The van der Waals surface area contributed by atoms with Crippen molar-refractivity contribution in [3.63, 3.8) is 0 Å². The molecule has 1 aromatic carbocycles. The van der Waals surface area contributed by atoms with Gasteiger partial charge in [0, 0.05) is 39.3 Å². The van der Waals surface area contributed by atoms with E-state index in [4.69, 9.17) is 15.6 Å². The van der Waals surface area contributed by atoms with Crippen LogP contribution in [0.5, 0.6) is 0 Å². The summed E-state index contributed by atoms with van der Waals surface area (Å²) in [7, 11) is 5.24. The van der Waals surface area contributed by atoms with Gasteiger partial charge in [-0.2, -0.15) is 5.26 Å². The smallest absolute Gasteiger partial charge is 0.253 e. The van der Waals surface area contributed by atoms with E-state index in [1.807, 2.05) is 46.0 Å². The number of benzene rings is 1. The molecule has 50 heavy (non-hydrogen) atoms. The number of rotatable bonds is 12. The zero-order chi connectivity index (χ0) is 38.3. The van der Waals surface area contributed by atoms with Gasteiger partial charge in [0.1, 0.15) is 6.04 Å². The first kappa shape index (κ1) is 45.5. The average Bonchev–Trinajstić information content (AvgIpc) is 3.57. The predicted molar refractivity (Wildman–Crippen MR) is 208 cm³/mol. The van der Waals surface area contributed by atoms with Gasteiger partial charge in [0.15, 0.2) is 6.40 Å². The normalized spacial score (nSPS) is 17.9. The molecule has 10 nitrogen and oxygen atoms in total. The van der Waals surface area contributed by atoms with Gasteiger partial charge < -0.3 is 25.2 Å². The highest BCUT2D eigenvalue weighted by Crippen LogP contribution is 2.45. The Kier molecular flexibility index (Phi) is 22.4. The lowest BCUT2D eigenvalue weighted by molar-refractivity contribution is -0.130. The topological polar surface area (TPSA) is 145 Å². The molecule has 1 aliphatic heterocycles. The largest absolute Gasteiger partial charge is 0.431 e. The highest BCUT2D eigenvalue weighted by molar-refractivity contribution is 5.96. The number of amides is 2. The second-order valence-corrected chi connectivity index (χ2v) is 12.4. The molecule has 0 aromatic heterocycles. The third-order valence-electron chi connectivity index (χ3n) is 8.83. The van der Waals surface area contributed by atoms with Gasteiger partial charge >= 0.3 is 0 Å². The molecule has 0 radical (unpaired) electrons. The maximum atomic E-state index is 13.0. The molecule has 1 aromatic rings. The van der Waals surface area contributed by atoms with Crippen molar-refractivity contribution in [3.05, 3.63) is 84.1 Å². The molecule has 1 fully saturated rings. The maximum Gasteiger partial charge on any atom is 0.253 e. The number of carbonyl (C=O) groups excluding carboxylic acids is 2. The molecular formula is C40H63N7O3. The number of unbranched alkanes of at least 4 members (excludes halogenated alkanes) is 1. The Morgan fingerprint density at radius 1 is 1.20 bits per heavy atom. The van der Waals surface area contributed by atoms with Gasteiger partial charge in [0.25, 0.3) is 5.91 Å². The number of aryl methyl sites for hydroxylation is 1. The van der Waals surface area contributed by atoms with Gasteiger partial charge in [-0.05, 0) is 87.4 Å². The van der Waals surface area contributed by atoms with Gasteiger partial charge in [-0.1, -0.05) is 70.6 Å². The molecule has 0 bridgehead atoms. The number of fused-ring (bicyclic) bond motifs is 1. The first-order valence-corrected chi connectivity index (χ1v) is 17.6. The van der Waals surface area contributed by atoms with Crippen molar-refractivity contribution < 1.29 is 14.3 Å². The fraction of sp³-hybridized carbons (Fsp3) is 0.525. The molecule has 0 spiro atoms. The van der Waals surface area contributed by atoms with E-state index in [0.29, 0.717) is 44.2 Å². The van der Waals surface area contributed by atoms with Gasteiger partial charge in [-0.25, -0.2) is 0 Å². The minimum Gasteiger partial charge on any atom is -0.431 e. The summed E-state index contributed by atoms with van der Waals surface area (Å²) in [4.78, 5) is 28.9. The Labute approximate surface area is 302 Å². The third kappa shape index (κ3) is 12.8. The van der Waals surface area contributed by atoms with Gasteiger partial charge in [0.05, 0.1) is 18.0 Å². The van der Waals surface area contributed by atoms with E-state index in [1.54, 1.807) is 37.3 Å². The molecule has 3 unspecified atom stereocenters. The van der Waals surface area contributed by atoms with Crippen LogP contribution in [0.1, 0.15) is 101 Å². The Morgan fingerprint density at radius 2 is 1.82 bits per heavy atom. The molecule has 4 N–H and O–H groups in total. The lowest BCUT2D eigenvalue weighted by Crippen LogP contribution is -2.48. The van der Waals surface area contributed by atoms with Crippen molar-refractivity contribution in [1.82, 2.24) is 20.4 Å². The fourth-order valence-electron chi connectivity index (χ4n) is 5.87. The highest BCUT2D eigenvalue weighted by atomic mass is 16.5. The number of carbonyl (C=O) groups is 2. The molecule has 10 heteroatoms. The van der Waals surface area contributed by atoms with Crippen LogP contribution in [-0.2, 0) is 21.4 Å². The van der Waals surface area contributed by atoms with Gasteiger partial charge in [-0.3, -0.25) is 20.4 Å². The molecule has 1 aliphatic carbocycles. The number of likely N-dealkylation sites (tertiary alicyclic amines) is 1. The molecule has 276 valence electrons. The fourth-order valence-corrected chi connectivity index (χ4v) is 5.87. The van der Waals surface area contributed by atoms with Crippen LogP contribution in [0.4, 0.5) is 0 Å². The quantitative estimate of drug-likeness (QED) is 0.103. The number of nitrogens with one attached hydrogen (secondary N) is 4. The number of nitrogens with zero attached hydrogens (tertiary/aromatic N) is 3.